The van der Waals surface area contributed by atoms with Crippen molar-refractivity contribution < 1.29 is 18.0 Å². The molecular weight excluding hydrogens is 443 g/mol. The molecule has 0 saturated carbocycles. The Balaban J connectivity index is 1.94. The molecule has 5 nitrogen and oxygen atoms in total. The summed E-state index contributed by atoms with van der Waals surface area (Å²) in [4.78, 5) is 34.9. The third kappa shape index (κ3) is 5.62. The molecule has 0 aliphatic heterocycles. The van der Waals surface area contributed by atoms with Crippen LogP contribution in [0.5, 0.6) is 0 Å². The van der Waals surface area contributed by atoms with Crippen molar-refractivity contribution in [1.82, 2.24) is 15.0 Å². The molecule has 0 unspecified atom stereocenters. The van der Waals surface area contributed by atoms with Crippen LogP contribution in [-0.4, -0.2) is 20.7 Å². The van der Waals surface area contributed by atoms with Gasteiger partial charge in [0.15, 0.2) is 5.82 Å². The number of nitrogens with zero attached hydrogens (tertiary/aromatic N) is 2. The van der Waals surface area contributed by atoms with E-state index in [4.69, 9.17) is 11.6 Å². The Kier molecular flexibility index (Phi) is 6.55. The van der Waals surface area contributed by atoms with Gasteiger partial charge in [0.2, 0.25) is 0 Å². The van der Waals surface area contributed by atoms with Crippen LogP contribution in [0.1, 0.15) is 38.3 Å². The van der Waals surface area contributed by atoms with Crippen molar-refractivity contribution in [3.05, 3.63) is 69.1 Å². The van der Waals surface area contributed by atoms with E-state index in [1.54, 1.807) is 18.2 Å². The van der Waals surface area contributed by atoms with Crippen molar-refractivity contribution in [2.45, 2.75) is 39.8 Å². The van der Waals surface area contributed by atoms with Crippen molar-refractivity contribution in [1.29, 1.82) is 0 Å². The number of nitrogens with one attached hydrogen (secondary N) is 1. The first-order chi connectivity index (χ1) is 14.8. The van der Waals surface area contributed by atoms with E-state index in [1.165, 1.54) is 12.1 Å². The standard InChI is InChI=1S/C23H21ClF3N3O2/c1-22(2,3)18(31)11-5-13-4-10-17(24)16(12-13)20-28-19(29-21(32)30-20)14-6-8-15(9-7-14)23(25,26)27/h4,6-10,12H,5,11H2,1-3H3,(H,28,29,30,32). The van der Waals surface area contributed by atoms with E-state index in [9.17, 15) is 22.8 Å². The molecule has 32 heavy (non-hydrogen) atoms. The number of rotatable bonds is 5. The van der Waals surface area contributed by atoms with E-state index >= 15 is 0 Å². The second-order valence-corrected chi connectivity index (χ2v) is 8.80. The van der Waals surface area contributed by atoms with Crippen molar-refractivity contribution in [3.63, 3.8) is 0 Å². The molecule has 0 radical (unpaired) electrons. The largest absolute Gasteiger partial charge is 0.416 e. The number of halogens is 4. The molecule has 1 aromatic heterocycles. The zero-order chi connectivity index (χ0) is 23.7. The van der Waals surface area contributed by atoms with Crippen LogP contribution in [0.2, 0.25) is 5.02 Å². The minimum absolute atomic E-state index is 0.0261. The number of aromatic nitrogens is 3. The highest BCUT2D eigenvalue weighted by Gasteiger charge is 2.30. The Hall–Kier alpha value is -3.00. The van der Waals surface area contributed by atoms with Gasteiger partial charge in [0.05, 0.1) is 10.6 Å². The van der Waals surface area contributed by atoms with Gasteiger partial charge in [0, 0.05) is 23.0 Å². The SMILES string of the molecule is CC(C)(C)C(=O)CCc1ccc(Cl)c(-c2nc(-c3ccc(C(F)(F)F)cc3)nc(=O)[nH]2)c1. The number of alkyl halides is 3. The molecule has 0 spiro atoms. The number of benzene rings is 2. The van der Waals surface area contributed by atoms with Gasteiger partial charge in [-0.3, -0.25) is 9.78 Å². The summed E-state index contributed by atoms with van der Waals surface area (Å²) in [6, 6.07) is 9.38. The molecule has 1 heterocycles. The summed E-state index contributed by atoms with van der Waals surface area (Å²) < 4.78 is 38.4. The number of hydrogen-bond donors (Lipinski definition) is 1. The summed E-state index contributed by atoms with van der Waals surface area (Å²) in [6.07, 6.45) is -3.63. The van der Waals surface area contributed by atoms with Gasteiger partial charge in [-0.2, -0.15) is 18.2 Å². The number of hydrogen-bond acceptors (Lipinski definition) is 4. The van der Waals surface area contributed by atoms with Crippen LogP contribution >= 0.6 is 11.6 Å². The average Bonchev–Trinajstić information content (AvgIpc) is 2.71. The van der Waals surface area contributed by atoms with Crippen molar-refractivity contribution >= 4 is 17.4 Å². The summed E-state index contributed by atoms with van der Waals surface area (Å²) in [5.74, 6) is 0.227. The Morgan fingerprint density at radius 2 is 1.69 bits per heavy atom. The Morgan fingerprint density at radius 1 is 1.03 bits per heavy atom. The van der Waals surface area contributed by atoms with Crippen molar-refractivity contribution in [2.24, 2.45) is 5.41 Å². The molecule has 0 aliphatic carbocycles. The number of carbonyl (C=O) groups excluding carboxylic acids is 1. The predicted molar refractivity (Wildman–Crippen MR) is 116 cm³/mol. The molecular formula is C23H21ClF3N3O2. The summed E-state index contributed by atoms with van der Waals surface area (Å²) in [5, 5.41) is 0.323. The maximum Gasteiger partial charge on any atom is 0.416 e. The molecule has 0 saturated heterocycles. The molecule has 2 aromatic carbocycles. The second kappa shape index (κ2) is 8.86. The maximum absolute atomic E-state index is 12.8. The van der Waals surface area contributed by atoms with E-state index in [0.29, 0.717) is 23.4 Å². The Labute approximate surface area is 187 Å². The maximum atomic E-state index is 12.8. The van der Waals surface area contributed by atoms with Gasteiger partial charge in [-0.1, -0.05) is 50.6 Å². The van der Waals surface area contributed by atoms with E-state index in [-0.39, 0.29) is 23.0 Å². The summed E-state index contributed by atoms with van der Waals surface area (Å²) >= 11 is 6.31. The van der Waals surface area contributed by atoms with Crippen molar-refractivity contribution in [2.75, 3.05) is 0 Å². The molecule has 0 fully saturated rings. The van der Waals surface area contributed by atoms with Gasteiger partial charge >= 0.3 is 11.9 Å². The number of ketones is 1. The number of aromatic amines is 1. The number of H-pyrrole nitrogens is 1. The Bertz CT molecular complexity index is 1200. The van der Waals surface area contributed by atoms with Crippen LogP contribution in [-0.2, 0) is 17.4 Å². The van der Waals surface area contributed by atoms with Crippen molar-refractivity contribution in [3.8, 4) is 22.8 Å². The normalized spacial score (nSPS) is 12.1. The first-order valence-corrected chi connectivity index (χ1v) is 10.2. The lowest BCUT2D eigenvalue weighted by Gasteiger charge is -2.16. The fourth-order valence-corrected chi connectivity index (χ4v) is 3.20. The number of aryl methyl sites for hydroxylation is 1. The van der Waals surface area contributed by atoms with Gasteiger partial charge in [-0.25, -0.2) is 9.78 Å². The summed E-state index contributed by atoms with van der Waals surface area (Å²) in [6.45, 7) is 5.57. The third-order valence-corrected chi connectivity index (χ3v) is 5.21. The fraction of sp³-hybridized carbons (Fsp3) is 0.304. The van der Waals surface area contributed by atoms with E-state index in [0.717, 1.165) is 17.7 Å². The van der Waals surface area contributed by atoms with Gasteiger partial charge < -0.3 is 0 Å². The van der Waals surface area contributed by atoms with Crippen LogP contribution in [0.4, 0.5) is 13.2 Å². The first-order valence-electron chi connectivity index (χ1n) is 9.83. The lowest BCUT2D eigenvalue weighted by atomic mass is 9.87. The molecule has 0 bridgehead atoms. The Morgan fingerprint density at radius 3 is 2.28 bits per heavy atom. The summed E-state index contributed by atoms with van der Waals surface area (Å²) in [7, 11) is 0. The summed E-state index contributed by atoms with van der Waals surface area (Å²) in [5.41, 5.74) is -0.448. The van der Waals surface area contributed by atoms with Crippen LogP contribution in [0.15, 0.2) is 47.3 Å². The van der Waals surface area contributed by atoms with Gasteiger partial charge in [0.1, 0.15) is 11.6 Å². The molecule has 3 aromatic rings. The van der Waals surface area contributed by atoms with Gasteiger partial charge in [-0.05, 0) is 36.2 Å². The zero-order valence-electron chi connectivity index (χ0n) is 17.7. The number of carbonyl (C=O) groups is 1. The third-order valence-electron chi connectivity index (χ3n) is 4.88. The molecule has 0 aliphatic rings. The monoisotopic (exact) mass is 463 g/mol. The first kappa shape index (κ1) is 23.7. The molecule has 0 atom stereocenters. The minimum atomic E-state index is -4.47. The number of Topliss-reactive ketones (excluding diaryl/α,β-unsaturated/α-hetero) is 1. The molecule has 9 heteroatoms. The van der Waals surface area contributed by atoms with E-state index < -0.39 is 22.8 Å². The van der Waals surface area contributed by atoms with Gasteiger partial charge in [-0.15, -0.1) is 0 Å². The van der Waals surface area contributed by atoms with E-state index in [1.807, 2.05) is 20.8 Å². The van der Waals surface area contributed by atoms with Crippen LogP contribution in [0.25, 0.3) is 22.8 Å². The average molecular weight is 464 g/mol. The van der Waals surface area contributed by atoms with Gasteiger partial charge in [0.25, 0.3) is 0 Å². The van der Waals surface area contributed by atoms with Crippen LogP contribution in [0.3, 0.4) is 0 Å². The minimum Gasteiger partial charge on any atom is -0.299 e. The quantitative estimate of drug-likeness (QED) is 0.525. The van der Waals surface area contributed by atoms with Crippen LogP contribution < -0.4 is 5.69 Å². The second-order valence-electron chi connectivity index (χ2n) is 8.39. The highest BCUT2D eigenvalue weighted by atomic mass is 35.5. The topological polar surface area (TPSA) is 75.7 Å². The lowest BCUT2D eigenvalue weighted by molar-refractivity contribution is -0.137. The fourth-order valence-electron chi connectivity index (χ4n) is 2.99. The molecule has 3 rings (SSSR count). The highest BCUT2D eigenvalue weighted by molar-refractivity contribution is 6.33. The predicted octanol–water partition coefficient (Wildman–Crippen LogP) is 5.72. The molecule has 1 N–H and O–H groups in total. The smallest absolute Gasteiger partial charge is 0.299 e. The van der Waals surface area contributed by atoms with Crippen LogP contribution in [0, 0.1) is 5.41 Å². The molecule has 168 valence electrons. The molecule has 0 amide bonds. The zero-order valence-corrected chi connectivity index (χ0v) is 18.4. The highest BCUT2D eigenvalue weighted by Crippen LogP contribution is 2.31. The lowest BCUT2D eigenvalue weighted by Crippen LogP contribution is -2.20. The van der Waals surface area contributed by atoms with E-state index in [2.05, 4.69) is 15.0 Å².